The number of H-pyrrole nitrogens is 1. The van der Waals surface area contributed by atoms with Crippen molar-refractivity contribution in [1.29, 1.82) is 0 Å². The summed E-state index contributed by atoms with van der Waals surface area (Å²) in [5.41, 5.74) is 2.61. The molecule has 0 aliphatic heterocycles. The van der Waals surface area contributed by atoms with E-state index in [1.807, 2.05) is 13.0 Å². The molecule has 0 radical (unpaired) electrons. The molecule has 0 saturated heterocycles. The van der Waals surface area contributed by atoms with Crippen LogP contribution in [0.5, 0.6) is 0 Å². The van der Waals surface area contributed by atoms with Gasteiger partial charge in [-0.25, -0.2) is 0 Å². The van der Waals surface area contributed by atoms with E-state index in [1.165, 1.54) is 0 Å². The molecule has 2 rings (SSSR count). The molecule has 0 spiro atoms. The first-order chi connectivity index (χ1) is 7.08. The number of carboxylic acid groups (broad SMARTS) is 1. The molecule has 0 aliphatic rings. The van der Waals surface area contributed by atoms with Gasteiger partial charge in [0, 0.05) is 21.6 Å². The van der Waals surface area contributed by atoms with Crippen LogP contribution in [0.4, 0.5) is 0 Å². The molecule has 0 amide bonds. The van der Waals surface area contributed by atoms with Gasteiger partial charge < -0.3 is 10.1 Å². The van der Waals surface area contributed by atoms with Crippen molar-refractivity contribution in [1.82, 2.24) is 4.98 Å². The van der Waals surface area contributed by atoms with Gasteiger partial charge in [0.15, 0.2) is 0 Å². The fraction of sp³-hybridized carbons (Fsp3) is 0.182. The Bertz CT molecular complexity index is 531. The zero-order valence-electron chi connectivity index (χ0n) is 8.17. The van der Waals surface area contributed by atoms with E-state index in [1.54, 1.807) is 12.1 Å². The normalized spacial score (nSPS) is 10.8. The molecule has 1 heterocycles. The summed E-state index contributed by atoms with van der Waals surface area (Å²) >= 11 is 5.88. The highest BCUT2D eigenvalue weighted by Gasteiger charge is 2.11. The van der Waals surface area contributed by atoms with E-state index in [4.69, 9.17) is 16.7 Å². The van der Waals surface area contributed by atoms with Gasteiger partial charge in [0.25, 0.3) is 0 Å². The Hall–Kier alpha value is -1.48. The van der Waals surface area contributed by atoms with Crippen molar-refractivity contribution in [2.45, 2.75) is 13.3 Å². The monoisotopic (exact) mass is 223 g/mol. The van der Waals surface area contributed by atoms with Crippen LogP contribution in [0.15, 0.2) is 18.2 Å². The van der Waals surface area contributed by atoms with Crippen LogP contribution in [0, 0.1) is 6.92 Å². The van der Waals surface area contributed by atoms with Crippen LogP contribution in [0.1, 0.15) is 11.3 Å². The Morgan fingerprint density at radius 3 is 2.93 bits per heavy atom. The molecule has 0 saturated carbocycles. The number of nitrogens with one attached hydrogen (secondary N) is 1. The van der Waals surface area contributed by atoms with Gasteiger partial charge in [0.2, 0.25) is 0 Å². The standard InChI is InChI=1S/C11H10ClNO2/c1-6-8(5-11(14)15)9-4-7(12)2-3-10(9)13-6/h2-4,13H,5H2,1H3,(H,14,15). The van der Waals surface area contributed by atoms with Gasteiger partial charge in [-0.1, -0.05) is 11.6 Å². The third-order valence-electron chi connectivity index (χ3n) is 2.41. The summed E-state index contributed by atoms with van der Waals surface area (Å²) in [6.45, 7) is 1.87. The third kappa shape index (κ3) is 1.83. The summed E-state index contributed by atoms with van der Waals surface area (Å²) in [4.78, 5) is 13.8. The molecule has 2 aromatic rings. The van der Waals surface area contributed by atoms with Crippen molar-refractivity contribution in [3.63, 3.8) is 0 Å². The zero-order valence-corrected chi connectivity index (χ0v) is 8.93. The van der Waals surface area contributed by atoms with Gasteiger partial charge >= 0.3 is 5.97 Å². The van der Waals surface area contributed by atoms with E-state index in [0.717, 1.165) is 22.2 Å². The highest BCUT2D eigenvalue weighted by Crippen LogP contribution is 2.25. The number of aryl methyl sites for hydroxylation is 1. The van der Waals surface area contributed by atoms with E-state index in [-0.39, 0.29) is 6.42 Å². The summed E-state index contributed by atoms with van der Waals surface area (Å²) < 4.78 is 0. The van der Waals surface area contributed by atoms with Crippen molar-refractivity contribution in [3.8, 4) is 0 Å². The molecule has 1 aromatic heterocycles. The van der Waals surface area contributed by atoms with Gasteiger partial charge in [0.05, 0.1) is 6.42 Å². The van der Waals surface area contributed by atoms with Crippen LogP contribution >= 0.6 is 11.6 Å². The third-order valence-corrected chi connectivity index (χ3v) is 2.64. The molecule has 4 heteroatoms. The van der Waals surface area contributed by atoms with Crippen LogP contribution in [-0.2, 0) is 11.2 Å². The molecule has 2 N–H and O–H groups in total. The Kier molecular flexibility index (Phi) is 2.40. The van der Waals surface area contributed by atoms with Crippen LogP contribution < -0.4 is 0 Å². The fourth-order valence-electron chi connectivity index (χ4n) is 1.73. The summed E-state index contributed by atoms with van der Waals surface area (Å²) in [6, 6.07) is 5.43. The van der Waals surface area contributed by atoms with Crippen LogP contribution in [0.2, 0.25) is 5.02 Å². The Morgan fingerprint density at radius 1 is 1.53 bits per heavy atom. The summed E-state index contributed by atoms with van der Waals surface area (Å²) in [7, 11) is 0. The maximum atomic E-state index is 10.7. The second kappa shape index (κ2) is 3.59. The quantitative estimate of drug-likeness (QED) is 0.823. The smallest absolute Gasteiger partial charge is 0.307 e. The van der Waals surface area contributed by atoms with Crippen molar-refractivity contribution < 1.29 is 9.90 Å². The average molecular weight is 224 g/mol. The SMILES string of the molecule is Cc1[nH]c2ccc(Cl)cc2c1CC(=O)O. The number of carbonyl (C=O) groups is 1. The Morgan fingerprint density at radius 2 is 2.27 bits per heavy atom. The average Bonchev–Trinajstić information content (AvgIpc) is 2.43. The number of benzene rings is 1. The van der Waals surface area contributed by atoms with Gasteiger partial charge in [-0.2, -0.15) is 0 Å². The number of halogens is 1. The van der Waals surface area contributed by atoms with E-state index in [2.05, 4.69) is 4.98 Å². The van der Waals surface area contributed by atoms with Crippen LogP contribution in [-0.4, -0.2) is 16.1 Å². The molecule has 15 heavy (non-hydrogen) atoms. The van der Waals surface area contributed by atoms with Crippen molar-refractivity contribution >= 4 is 28.5 Å². The van der Waals surface area contributed by atoms with E-state index >= 15 is 0 Å². The number of fused-ring (bicyclic) bond motifs is 1. The Labute approximate surface area is 91.7 Å². The molecule has 0 aliphatic carbocycles. The summed E-state index contributed by atoms with van der Waals surface area (Å²) in [5, 5.41) is 10.3. The minimum atomic E-state index is -0.834. The van der Waals surface area contributed by atoms with Crippen LogP contribution in [0.3, 0.4) is 0 Å². The topological polar surface area (TPSA) is 53.1 Å². The maximum Gasteiger partial charge on any atom is 0.307 e. The van der Waals surface area contributed by atoms with Gasteiger partial charge in [-0.05, 0) is 30.7 Å². The molecular formula is C11H10ClNO2. The minimum Gasteiger partial charge on any atom is -0.481 e. The van der Waals surface area contributed by atoms with Crippen LogP contribution in [0.25, 0.3) is 10.9 Å². The number of aromatic amines is 1. The lowest BCUT2D eigenvalue weighted by atomic mass is 10.1. The molecule has 0 atom stereocenters. The predicted octanol–water partition coefficient (Wildman–Crippen LogP) is 2.76. The van der Waals surface area contributed by atoms with Gasteiger partial charge in [-0.15, -0.1) is 0 Å². The summed E-state index contributed by atoms with van der Waals surface area (Å²) in [6.07, 6.45) is 0.0200. The van der Waals surface area contributed by atoms with E-state index in [9.17, 15) is 4.79 Å². The highest BCUT2D eigenvalue weighted by molar-refractivity contribution is 6.31. The number of hydrogen-bond donors (Lipinski definition) is 2. The molecule has 0 unspecified atom stereocenters. The molecule has 78 valence electrons. The number of rotatable bonds is 2. The molecule has 3 nitrogen and oxygen atoms in total. The first-order valence-corrected chi connectivity index (χ1v) is 4.94. The molecule has 0 fully saturated rings. The molecule has 1 aromatic carbocycles. The molecule has 0 bridgehead atoms. The van der Waals surface area contributed by atoms with E-state index in [0.29, 0.717) is 5.02 Å². The number of aromatic nitrogens is 1. The first kappa shape index (κ1) is 10.1. The predicted molar refractivity (Wildman–Crippen MR) is 59.4 cm³/mol. The second-order valence-electron chi connectivity index (χ2n) is 3.49. The molecular weight excluding hydrogens is 214 g/mol. The number of hydrogen-bond acceptors (Lipinski definition) is 1. The minimum absolute atomic E-state index is 0.0200. The first-order valence-electron chi connectivity index (χ1n) is 4.56. The Balaban J connectivity index is 2.65. The van der Waals surface area contributed by atoms with Crippen molar-refractivity contribution in [2.75, 3.05) is 0 Å². The number of carboxylic acids is 1. The van der Waals surface area contributed by atoms with Gasteiger partial charge in [-0.3, -0.25) is 4.79 Å². The zero-order chi connectivity index (χ0) is 11.0. The van der Waals surface area contributed by atoms with Crippen molar-refractivity contribution in [2.24, 2.45) is 0 Å². The lowest BCUT2D eigenvalue weighted by Gasteiger charge is -1.96. The summed E-state index contributed by atoms with van der Waals surface area (Å²) in [5.74, 6) is -0.834. The van der Waals surface area contributed by atoms with Gasteiger partial charge in [0.1, 0.15) is 0 Å². The van der Waals surface area contributed by atoms with E-state index < -0.39 is 5.97 Å². The lowest BCUT2D eigenvalue weighted by Crippen LogP contribution is -2.00. The number of aliphatic carboxylic acids is 1. The maximum absolute atomic E-state index is 10.7. The fourth-order valence-corrected chi connectivity index (χ4v) is 1.91. The highest BCUT2D eigenvalue weighted by atomic mass is 35.5. The lowest BCUT2D eigenvalue weighted by molar-refractivity contribution is -0.136. The second-order valence-corrected chi connectivity index (χ2v) is 3.93. The van der Waals surface area contributed by atoms with Crippen molar-refractivity contribution in [3.05, 3.63) is 34.5 Å². The largest absolute Gasteiger partial charge is 0.481 e.